The lowest BCUT2D eigenvalue weighted by Crippen LogP contribution is -2.36. The highest BCUT2D eigenvalue weighted by Gasteiger charge is 2.35. The van der Waals surface area contributed by atoms with Crippen molar-refractivity contribution in [1.29, 1.82) is 0 Å². The van der Waals surface area contributed by atoms with E-state index in [0.717, 1.165) is 24.0 Å². The Morgan fingerprint density at radius 3 is 2.04 bits per heavy atom. The first kappa shape index (κ1) is 16.2. The van der Waals surface area contributed by atoms with E-state index >= 15 is 0 Å². The van der Waals surface area contributed by atoms with Crippen molar-refractivity contribution in [2.24, 2.45) is 11.8 Å². The normalized spacial score (nSPS) is 20.3. The molecule has 0 spiro atoms. The fourth-order valence-electron chi connectivity index (χ4n) is 3.35. The van der Waals surface area contributed by atoms with Crippen LogP contribution in [0, 0.1) is 11.8 Å². The maximum Gasteiger partial charge on any atom is 0.307 e. The van der Waals surface area contributed by atoms with Gasteiger partial charge in [-0.3, -0.25) is 9.59 Å². The molecule has 4 heteroatoms. The second-order valence-corrected chi connectivity index (χ2v) is 6.27. The number of aliphatic carboxylic acids is 1. The number of rotatable bonds is 4. The van der Waals surface area contributed by atoms with Crippen LogP contribution < -0.4 is 5.32 Å². The fourth-order valence-corrected chi connectivity index (χ4v) is 3.35. The zero-order chi connectivity index (χ0) is 16.9. The monoisotopic (exact) mass is 323 g/mol. The van der Waals surface area contributed by atoms with Gasteiger partial charge in [0.25, 0.3) is 0 Å². The molecule has 0 aliphatic heterocycles. The molecule has 1 aliphatic carbocycles. The van der Waals surface area contributed by atoms with Crippen LogP contribution in [-0.2, 0) is 9.59 Å². The number of anilines is 1. The molecule has 2 aromatic carbocycles. The van der Waals surface area contributed by atoms with Crippen LogP contribution in [0.3, 0.4) is 0 Å². The molecule has 1 aliphatic rings. The van der Waals surface area contributed by atoms with E-state index in [4.69, 9.17) is 0 Å². The molecule has 0 saturated heterocycles. The standard InChI is InChI=1S/C20H21NO3/c22-19(17-8-4-5-9-18(17)20(23)24)21-16-12-10-15(11-13-16)14-6-2-1-3-7-14/h1-3,6-7,10-13,17-18H,4-5,8-9H2,(H,21,22)(H,23,24)/t17-,18-/m0/s1. The molecule has 0 unspecified atom stereocenters. The van der Waals surface area contributed by atoms with Crippen molar-refractivity contribution in [3.05, 3.63) is 54.6 Å². The summed E-state index contributed by atoms with van der Waals surface area (Å²) < 4.78 is 0. The Morgan fingerprint density at radius 1 is 0.833 bits per heavy atom. The number of amides is 1. The van der Waals surface area contributed by atoms with Gasteiger partial charge in [0, 0.05) is 5.69 Å². The lowest BCUT2D eigenvalue weighted by atomic mass is 9.78. The summed E-state index contributed by atoms with van der Waals surface area (Å²) >= 11 is 0. The third kappa shape index (κ3) is 3.65. The average Bonchev–Trinajstić information content (AvgIpc) is 2.63. The number of carboxylic acids is 1. The second kappa shape index (κ2) is 7.30. The van der Waals surface area contributed by atoms with Crippen molar-refractivity contribution in [1.82, 2.24) is 0 Å². The molecule has 0 bridgehead atoms. The molecular formula is C20H21NO3. The van der Waals surface area contributed by atoms with E-state index < -0.39 is 17.8 Å². The van der Waals surface area contributed by atoms with Crippen LogP contribution in [0.4, 0.5) is 5.69 Å². The van der Waals surface area contributed by atoms with Gasteiger partial charge in [0.1, 0.15) is 0 Å². The summed E-state index contributed by atoms with van der Waals surface area (Å²) in [6, 6.07) is 17.7. The number of carboxylic acid groups (broad SMARTS) is 1. The molecule has 0 aromatic heterocycles. The van der Waals surface area contributed by atoms with E-state index in [1.165, 1.54) is 0 Å². The van der Waals surface area contributed by atoms with Gasteiger partial charge in [-0.2, -0.15) is 0 Å². The van der Waals surface area contributed by atoms with Gasteiger partial charge in [0.2, 0.25) is 5.91 Å². The van der Waals surface area contributed by atoms with Gasteiger partial charge in [-0.15, -0.1) is 0 Å². The van der Waals surface area contributed by atoms with Gasteiger partial charge >= 0.3 is 5.97 Å². The van der Waals surface area contributed by atoms with E-state index in [0.29, 0.717) is 18.5 Å². The van der Waals surface area contributed by atoms with Crippen LogP contribution in [-0.4, -0.2) is 17.0 Å². The van der Waals surface area contributed by atoms with Crippen molar-refractivity contribution in [2.75, 3.05) is 5.32 Å². The van der Waals surface area contributed by atoms with E-state index in [1.807, 2.05) is 54.6 Å². The average molecular weight is 323 g/mol. The van der Waals surface area contributed by atoms with Crippen LogP contribution in [0.1, 0.15) is 25.7 Å². The highest BCUT2D eigenvalue weighted by molar-refractivity contribution is 5.95. The highest BCUT2D eigenvalue weighted by atomic mass is 16.4. The van der Waals surface area contributed by atoms with Crippen molar-refractivity contribution in [3.8, 4) is 11.1 Å². The third-order valence-electron chi connectivity index (χ3n) is 4.68. The van der Waals surface area contributed by atoms with Gasteiger partial charge in [-0.25, -0.2) is 0 Å². The van der Waals surface area contributed by atoms with Crippen LogP contribution in [0.25, 0.3) is 11.1 Å². The molecule has 24 heavy (non-hydrogen) atoms. The predicted octanol–water partition coefficient (Wildman–Crippen LogP) is 4.18. The summed E-state index contributed by atoms with van der Waals surface area (Å²) in [6.45, 7) is 0. The van der Waals surface area contributed by atoms with Crippen molar-refractivity contribution >= 4 is 17.6 Å². The summed E-state index contributed by atoms with van der Waals surface area (Å²) in [4.78, 5) is 23.8. The van der Waals surface area contributed by atoms with Crippen molar-refractivity contribution < 1.29 is 14.7 Å². The summed E-state index contributed by atoms with van der Waals surface area (Å²) in [5.74, 6) is -2.06. The van der Waals surface area contributed by atoms with E-state index in [-0.39, 0.29) is 5.91 Å². The number of nitrogens with one attached hydrogen (secondary N) is 1. The molecule has 1 saturated carbocycles. The first-order chi connectivity index (χ1) is 11.6. The third-order valence-corrected chi connectivity index (χ3v) is 4.68. The van der Waals surface area contributed by atoms with E-state index in [9.17, 15) is 14.7 Å². The molecule has 3 rings (SSSR count). The molecule has 2 N–H and O–H groups in total. The first-order valence-corrected chi connectivity index (χ1v) is 8.34. The molecule has 1 fully saturated rings. The van der Waals surface area contributed by atoms with Crippen LogP contribution in [0.15, 0.2) is 54.6 Å². The van der Waals surface area contributed by atoms with Gasteiger partial charge in [-0.1, -0.05) is 55.3 Å². The first-order valence-electron chi connectivity index (χ1n) is 8.34. The minimum absolute atomic E-state index is 0.186. The molecule has 0 heterocycles. The Kier molecular flexibility index (Phi) is 4.94. The Hall–Kier alpha value is -2.62. The Balaban J connectivity index is 1.69. The van der Waals surface area contributed by atoms with Crippen molar-refractivity contribution in [2.45, 2.75) is 25.7 Å². The van der Waals surface area contributed by atoms with Crippen molar-refractivity contribution in [3.63, 3.8) is 0 Å². The lowest BCUT2D eigenvalue weighted by molar-refractivity contribution is -0.147. The van der Waals surface area contributed by atoms with E-state index in [2.05, 4.69) is 5.32 Å². The molecule has 2 aromatic rings. The zero-order valence-electron chi connectivity index (χ0n) is 13.4. The SMILES string of the molecule is O=C(O)[C@H]1CCCC[C@@H]1C(=O)Nc1ccc(-c2ccccc2)cc1. The molecule has 0 radical (unpaired) electrons. The maximum atomic E-state index is 12.5. The molecule has 2 atom stereocenters. The van der Waals surface area contributed by atoms with Gasteiger partial charge in [-0.05, 0) is 36.1 Å². The molecule has 1 amide bonds. The van der Waals surface area contributed by atoms with E-state index in [1.54, 1.807) is 0 Å². The highest BCUT2D eigenvalue weighted by Crippen LogP contribution is 2.31. The number of hydrogen-bond donors (Lipinski definition) is 2. The quantitative estimate of drug-likeness (QED) is 0.887. The molecule has 4 nitrogen and oxygen atoms in total. The predicted molar refractivity (Wildman–Crippen MR) is 93.6 cm³/mol. The smallest absolute Gasteiger partial charge is 0.307 e. The minimum Gasteiger partial charge on any atom is -0.481 e. The number of benzene rings is 2. The van der Waals surface area contributed by atoms with Gasteiger partial charge < -0.3 is 10.4 Å². The topological polar surface area (TPSA) is 66.4 Å². The summed E-state index contributed by atoms with van der Waals surface area (Å²) in [7, 11) is 0. The van der Waals surface area contributed by atoms with Crippen LogP contribution in [0.2, 0.25) is 0 Å². The minimum atomic E-state index is -0.866. The summed E-state index contributed by atoms with van der Waals surface area (Å²) in [6.07, 6.45) is 3.02. The molecular weight excluding hydrogens is 302 g/mol. The van der Waals surface area contributed by atoms with Crippen LogP contribution in [0.5, 0.6) is 0 Å². The Labute approximate surface area is 141 Å². The number of carbonyl (C=O) groups is 2. The van der Waals surface area contributed by atoms with Gasteiger partial charge in [0.05, 0.1) is 11.8 Å². The Bertz CT molecular complexity index is 709. The largest absolute Gasteiger partial charge is 0.481 e. The summed E-state index contributed by atoms with van der Waals surface area (Å²) in [5.41, 5.74) is 2.90. The maximum absolute atomic E-state index is 12.5. The molecule has 124 valence electrons. The number of carbonyl (C=O) groups excluding carboxylic acids is 1. The second-order valence-electron chi connectivity index (χ2n) is 6.27. The fraction of sp³-hybridized carbons (Fsp3) is 0.300. The summed E-state index contributed by atoms with van der Waals surface area (Å²) in [5, 5.41) is 12.2. The zero-order valence-corrected chi connectivity index (χ0v) is 13.4. The van der Waals surface area contributed by atoms with Gasteiger partial charge in [0.15, 0.2) is 0 Å². The number of hydrogen-bond acceptors (Lipinski definition) is 2. The Morgan fingerprint density at radius 2 is 1.42 bits per heavy atom. The lowest BCUT2D eigenvalue weighted by Gasteiger charge is -2.27. The van der Waals surface area contributed by atoms with Crippen LogP contribution >= 0.6 is 0 Å².